The first kappa shape index (κ1) is 19.3. The van der Waals surface area contributed by atoms with Gasteiger partial charge in [0.15, 0.2) is 0 Å². The Labute approximate surface area is 138 Å². The predicted octanol–water partition coefficient (Wildman–Crippen LogP) is 3.24. The average Bonchev–Trinajstić information content (AvgIpc) is 2.84. The van der Waals surface area contributed by atoms with E-state index in [1.165, 1.54) is 4.90 Å². The van der Waals surface area contributed by atoms with Gasteiger partial charge in [0.25, 0.3) is 0 Å². The SMILES string of the molecule is CN(C(=O)OC(C)(C)C)/C(=N/C(=O)OC(C)(C)C)N1CCCC1. The number of aliphatic imine (C=N–C) groups is 1. The number of amides is 2. The highest BCUT2D eigenvalue weighted by Crippen LogP contribution is 2.15. The lowest BCUT2D eigenvalue weighted by molar-refractivity contribution is 0.0384. The van der Waals surface area contributed by atoms with Gasteiger partial charge in [-0.25, -0.2) is 9.59 Å². The van der Waals surface area contributed by atoms with Gasteiger partial charge in [-0.05, 0) is 54.4 Å². The zero-order chi connectivity index (χ0) is 17.8. The maximum Gasteiger partial charge on any atom is 0.437 e. The molecule has 0 aromatic heterocycles. The molecule has 7 nitrogen and oxygen atoms in total. The zero-order valence-electron chi connectivity index (χ0n) is 15.3. The first-order valence-electron chi connectivity index (χ1n) is 7.92. The van der Waals surface area contributed by atoms with Crippen molar-refractivity contribution >= 4 is 18.1 Å². The van der Waals surface area contributed by atoms with Crippen molar-refractivity contribution in [1.82, 2.24) is 9.80 Å². The largest absolute Gasteiger partial charge is 0.443 e. The van der Waals surface area contributed by atoms with Gasteiger partial charge in [0, 0.05) is 20.1 Å². The molecule has 1 aliphatic rings. The van der Waals surface area contributed by atoms with Gasteiger partial charge in [0.1, 0.15) is 11.2 Å². The molecule has 0 aliphatic carbocycles. The van der Waals surface area contributed by atoms with E-state index in [1.807, 2.05) is 4.90 Å². The third-order valence-electron chi connectivity index (χ3n) is 2.94. The van der Waals surface area contributed by atoms with Crippen LogP contribution in [0.15, 0.2) is 4.99 Å². The number of carbonyl (C=O) groups excluding carboxylic acids is 2. The summed E-state index contributed by atoms with van der Waals surface area (Å²) in [5, 5.41) is 0. The molecule has 0 atom stereocenters. The van der Waals surface area contributed by atoms with Crippen LogP contribution in [0.25, 0.3) is 0 Å². The van der Waals surface area contributed by atoms with Crippen molar-refractivity contribution < 1.29 is 19.1 Å². The number of hydrogen-bond donors (Lipinski definition) is 0. The van der Waals surface area contributed by atoms with E-state index >= 15 is 0 Å². The summed E-state index contributed by atoms with van der Waals surface area (Å²) in [6.45, 7) is 12.2. The number of guanidine groups is 1. The average molecular weight is 327 g/mol. The molecule has 0 radical (unpaired) electrons. The highest BCUT2D eigenvalue weighted by molar-refractivity contribution is 5.98. The van der Waals surface area contributed by atoms with E-state index < -0.39 is 23.4 Å². The second-order valence-corrected chi connectivity index (χ2v) is 7.63. The van der Waals surface area contributed by atoms with Crippen LogP contribution in [0.2, 0.25) is 0 Å². The van der Waals surface area contributed by atoms with Crippen molar-refractivity contribution in [3.63, 3.8) is 0 Å². The number of carbonyl (C=O) groups is 2. The van der Waals surface area contributed by atoms with Crippen LogP contribution in [0, 0.1) is 0 Å². The topological polar surface area (TPSA) is 71.4 Å². The van der Waals surface area contributed by atoms with Crippen LogP contribution in [0.3, 0.4) is 0 Å². The van der Waals surface area contributed by atoms with Crippen molar-refractivity contribution in [1.29, 1.82) is 0 Å². The molecule has 23 heavy (non-hydrogen) atoms. The van der Waals surface area contributed by atoms with Crippen molar-refractivity contribution in [2.45, 2.75) is 65.6 Å². The van der Waals surface area contributed by atoms with Gasteiger partial charge >= 0.3 is 12.2 Å². The number of nitrogens with zero attached hydrogens (tertiary/aromatic N) is 3. The minimum absolute atomic E-state index is 0.269. The molecule has 7 heteroatoms. The van der Waals surface area contributed by atoms with Crippen molar-refractivity contribution in [3.8, 4) is 0 Å². The summed E-state index contributed by atoms with van der Waals surface area (Å²) >= 11 is 0. The van der Waals surface area contributed by atoms with Crippen LogP contribution in [0.5, 0.6) is 0 Å². The van der Waals surface area contributed by atoms with Gasteiger partial charge in [0.2, 0.25) is 5.96 Å². The first-order chi connectivity index (χ1) is 10.4. The van der Waals surface area contributed by atoms with Crippen LogP contribution < -0.4 is 0 Å². The summed E-state index contributed by atoms with van der Waals surface area (Å²) in [7, 11) is 1.55. The molecular formula is C16H29N3O4. The van der Waals surface area contributed by atoms with E-state index in [0.29, 0.717) is 0 Å². The van der Waals surface area contributed by atoms with Crippen LogP contribution in [-0.4, -0.2) is 59.3 Å². The molecule has 132 valence electrons. The van der Waals surface area contributed by atoms with Gasteiger partial charge in [-0.1, -0.05) is 0 Å². The lowest BCUT2D eigenvalue weighted by atomic mass is 10.2. The minimum atomic E-state index is -0.713. The fraction of sp³-hybridized carbons (Fsp3) is 0.812. The third kappa shape index (κ3) is 6.88. The monoisotopic (exact) mass is 327 g/mol. The fourth-order valence-corrected chi connectivity index (χ4v) is 2.05. The molecule has 1 saturated heterocycles. The van der Waals surface area contributed by atoms with E-state index in [0.717, 1.165) is 25.9 Å². The predicted molar refractivity (Wildman–Crippen MR) is 88.5 cm³/mol. The summed E-state index contributed by atoms with van der Waals surface area (Å²) in [6, 6.07) is 0. The third-order valence-corrected chi connectivity index (χ3v) is 2.94. The normalized spacial score (nSPS) is 16.3. The Morgan fingerprint density at radius 2 is 1.43 bits per heavy atom. The Bertz CT molecular complexity index is 469. The molecule has 2 amide bonds. The molecule has 1 heterocycles. The number of hydrogen-bond acceptors (Lipinski definition) is 4. The Morgan fingerprint density at radius 1 is 0.957 bits per heavy atom. The van der Waals surface area contributed by atoms with E-state index in [9.17, 15) is 9.59 Å². The molecular weight excluding hydrogens is 298 g/mol. The van der Waals surface area contributed by atoms with E-state index in [1.54, 1.807) is 48.6 Å². The smallest absolute Gasteiger partial charge is 0.437 e. The van der Waals surface area contributed by atoms with Crippen LogP contribution >= 0.6 is 0 Å². The van der Waals surface area contributed by atoms with Crippen molar-refractivity contribution in [2.75, 3.05) is 20.1 Å². The van der Waals surface area contributed by atoms with E-state index in [4.69, 9.17) is 9.47 Å². The summed E-state index contributed by atoms with van der Waals surface area (Å²) < 4.78 is 10.6. The molecule has 0 bridgehead atoms. The number of ether oxygens (including phenoxy) is 2. The second-order valence-electron chi connectivity index (χ2n) is 7.63. The first-order valence-corrected chi connectivity index (χ1v) is 7.92. The molecule has 1 aliphatic heterocycles. The molecule has 0 saturated carbocycles. The zero-order valence-corrected chi connectivity index (χ0v) is 15.3. The fourth-order valence-electron chi connectivity index (χ4n) is 2.05. The quantitative estimate of drug-likeness (QED) is 0.504. The number of rotatable bonds is 0. The Morgan fingerprint density at radius 3 is 1.87 bits per heavy atom. The standard InChI is InChI=1S/C16H29N3O4/c1-15(2,3)22-13(20)17-12(19-10-8-9-11-19)18(7)14(21)23-16(4,5)6/h8-11H2,1-7H3/b17-12-. The van der Waals surface area contributed by atoms with E-state index in [-0.39, 0.29) is 5.96 Å². The van der Waals surface area contributed by atoms with Gasteiger partial charge in [-0.3, -0.25) is 4.90 Å². The highest BCUT2D eigenvalue weighted by Gasteiger charge is 2.29. The molecule has 0 aromatic carbocycles. The second kappa shape index (κ2) is 7.19. The van der Waals surface area contributed by atoms with Gasteiger partial charge in [0.05, 0.1) is 0 Å². The maximum atomic E-state index is 12.3. The van der Waals surface area contributed by atoms with Crippen LogP contribution in [0.1, 0.15) is 54.4 Å². The molecule has 1 fully saturated rings. The molecule has 0 N–H and O–H groups in total. The molecule has 1 rings (SSSR count). The Kier molecular flexibility index (Phi) is 6.02. The van der Waals surface area contributed by atoms with Gasteiger partial charge < -0.3 is 14.4 Å². The minimum Gasteiger partial charge on any atom is -0.443 e. The molecule has 0 aromatic rings. The molecule has 0 spiro atoms. The molecule has 0 unspecified atom stereocenters. The van der Waals surface area contributed by atoms with Crippen molar-refractivity contribution in [2.24, 2.45) is 4.99 Å². The lowest BCUT2D eigenvalue weighted by Gasteiger charge is -2.29. The summed E-state index contributed by atoms with van der Waals surface area (Å²) in [6.07, 6.45) is 0.729. The summed E-state index contributed by atoms with van der Waals surface area (Å²) in [4.78, 5) is 31.5. The van der Waals surface area contributed by atoms with Crippen molar-refractivity contribution in [3.05, 3.63) is 0 Å². The van der Waals surface area contributed by atoms with Gasteiger partial charge in [-0.15, -0.1) is 4.99 Å². The highest BCUT2D eigenvalue weighted by atomic mass is 16.6. The van der Waals surface area contributed by atoms with Crippen LogP contribution in [-0.2, 0) is 9.47 Å². The van der Waals surface area contributed by atoms with Crippen LogP contribution in [0.4, 0.5) is 9.59 Å². The summed E-state index contributed by atoms with van der Waals surface area (Å²) in [5.74, 6) is 0.269. The Hall–Kier alpha value is -1.79. The maximum absolute atomic E-state index is 12.3. The Balaban J connectivity index is 2.96. The lowest BCUT2D eigenvalue weighted by Crippen LogP contribution is -2.46. The van der Waals surface area contributed by atoms with Gasteiger partial charge in [-0.2, -0.15) is 0 Å². The number of likely N-dealkylation sites (tertiary alicyclic amines) is 1. The van der Waals surface area contributed by atoms with E-state index in [2.05, 4.69) is 4.99 Å². The summed E-state index contributed by atoms with van der Waals surface area (Å²) in [5.41, 5.74) is -1.26.